The van der Waals surface area contributed by atoms with Crippen LogP contribution in [0.25, 0.3) is 0 Å². The number of rotatable bonds is 5. The van der Waals surface area contributed by atoms with E-state index in [2.05, 4.69) is 15.8 Å². The Bertz CT molecular complexity index is 995. The van der Waals surface area contributed by atoms with Crippen LogP contribution in [0.4, 0.5) is 16.2 Å². The molecule has 0 aliphatic heterocycles. The number of carbonyl (C=O) groups excluding carboxylic acids is 2. The highest BCUT2D eigenvalue weighted by atomic mass is 16.6. The number of hydrogen-bond donors (Lipinski definition) is 2. The molecule has 1 heterocycles. The molecule has 0 unspecified atom stereocenters. The fourth-order valence-corrected chi connectivity index (χ4v) is 3.16. The number of nitro benzene ring substituents is 1. The number of hydrazone groups is 1. The minimum atomic E-state index is -0.656. The van der Waals surface area contributed by atoms with Crippen molar-refractivity contribution in [1.82, 2.24) is 5.43 Å². The van der Waals surface area contributed by atoms with Crippen molar-refractivity contribution in [3.05, 3.63) is 57.0 Å². The van der Waals surface area contributed by atoms with Crippen molar-refractivity contribution < 1.29 is 23.7 Å². The Hall–Kier alpha value is -3.69. The summed E-state index contributed by atoms with van der Waals surface area (Å²) in [5, 5.41) is 17.6. The molecule has 0 saturated carbocycles. The number of ether oxygens (including phenoxy) is 1. The molecule has 0 fully saturated rings. The third-order valence-corrected chi connectivity index (χ3v) is 4.40. The molecule has 29 heavy (non-hydrogen) atoms. The average molecular weight is 400 g/mol. The lowest BCUT2D eigenvalue weighted by atomic mass is 9.93. The molecule has 1 aliphatic rings. The highest BCUT2D eigenvalue weighted by Gasteiger charge is 2.28. The summed E-state index contributed by atoms with van der Waals surface area (Å²) in [4.78, 5) is 34.6. The second-order valence-corrected chi connectivity index (χ2v) is 6.36. The summed E-state index contributed by atoms with van der Waals surface area (Å²) in [6.07, 6.45) is 1.36. The van der Waals surface area contributed by atoms with Gasteiger partial charge < -0.3 is 14.5 Å². The van der Waals surface area contributed by atoms with Crippen molar-refractivity contribution >= 4 is 29.1 Å². The Morgan fingerprint density at radius 2 is 2.14 bits per heavy atom. The van der Waals surface area contributed by atoms with Gasteiger partial charge in [0.05, 0.1) is 17.2 Å². The SMILES string of the molecule is CCOC(=O)N/N=C1\CCCc2oc(C(=O)Nc3cccc([N+](=O)[O-])c3)c(C)c21. The van der Waals surface area contributed by atoms with Gasteiger partial charge in [0.15, 0.2) is 5.76 Å². The largest absolute Gasteiger partial charge is 0.455 e. The van der Waals surface area contributed by atoms with E-state index in [1.807, 2.05) is 0 Å². The molecule has 0 spiro atoms. The standard InChI is InChI=1S/C19H20N4O6/c1-3-28-19(25)22-21-14-8-5-9-15-16(14)11(2)17(29-15)18(24)20-12-6-4-7-13(10-12)23(26)27/h4,6-7,10H,3,5,8-9H2,1-2H3,(H,20,24)(H,22,25)/b21-14+. The first kappa shape index (κ1) is 20.1. The zero-order chi connectivity index (χ0) is 21.0. The first-order valence-corrected chi connectivity index (χ1v) is 9.08. The number of benzene rings is 1. The van der Waals surface area contributed by atoms with Crippen LogP contribution in [0.5, 0.6) is 0 Å². The van der Waals surface area contributed by atoms with Crippen molar-refractivity contribution in [2.45, 2.75) is 33.1 Å². The summed E-state index contributed by atoms with van der Waals surface area (Å²) in [6, 6.07) is 5.65. The molecule has 0 bridgehead atoms. The highest BCUT2D eigenvalue weighted by Crippen LogP contribution is 2.30. The van der Waals surface area contributed by atoms with Gasteiger partial charge in [-0.1, -0.05) is 6.07 Å². The van der Waals surface area contributed by atoms with E-state index in [9.17, 15) is 19.7 Å². The van der Waals surface area contributed by atoms with E-state index in [0.29, 0.717) is 35.4 Å². The molecule has 2 aromatic rings. The Morgan fingerprint density at radius 1 is 1.34 bits per heavy atom. The maximum absolute atomic E-state index is 12.7. The van der Waals surface area contributed by atoms with E-state index in [4.69, 9.17) is 9.15 Å². The van der Waals surface area contributed by atoms with E-state index in [-0.39, 0.29) is 23.7 Å². The lowest BCUT2D eigenvalue weighted by molar-refractivity contribution is -0.384. The molecular weight excluding hydrogens is 380 g/mol. The molecule has 10 heteroatoms. The van der Waals surface area contributed by atoms with Crippen molar-refractivity contribution in [1.29, 1.82) is 0 Å². The summed E-state index contributed by atoms with van der Waals surface area (Å²) >= 11 is 0. The number of aryl methyl sites for hydroxylation is 1. The van der Waals surface area contributed by atoms with E-state index in [0.717, 1.165) is 6.42 Å². The summed E-state index contributed by atoms with van der Waals surface area (Å²) in [7, 11) is 0. The molecule has 1 aliphatic carbocycles. The van der Waals surface area contributed by atoms with Gasteiger partial charge in [-0.15, -0.1) is 0 Å². The van der Waals surface area contributed by atoms with Crippen LogP contribution in [0.1, 0.15) is 47.2 Å². The zero-order valence-electron chi connectivity index (χ0n) is 16.0. The van der Waals surface area contributed by atoms with Crippen LogP contribution < -0.4 is 10.7 Å². The topological polar surface area (TPSA) is 136 Å². The first-order chi connectivity index (χ1) is 13.9. The molecule has 1 aromatic heterocycles. The van der Waals surface area contributed by atoms with Crippen LogP contribution >= 0.6 is 0 Å². The molecule has 0 saturated heterocycles. The predicted octanol–water partition coefficient (Wildman–Crippen LogP) is 3.54. The zero-order valence-corrected chi connectivity index (χ0v) is 16.0. The van der Waals surface area contributed by atoms with Gasteiger partial charge in [0.2, 0.25) is 0 Å². The lowest BCUT2D eigenvalue weighted by Crippen LogP contribution is -2.22. The Labute approximate surface area is 166 Å². The number of amides is 2. The van der Waals surface area contributed by atoms with Crippen LogP contribution in [0.2, 0.25) is 0 Å². The minimum absolute atomic E-state index is 0.104. The molecule has 152 valence electrons. The minimum Gasteiger partial charge on any atom is -0.455 e. The third-order valence-electron chi connectivity index (χ3n) is 4.40. The first-order valence-electron chi connectivity index (χ1n) is 9.08. The number of hydrogen-bond acceptors (Lipinski definition) is 7. The molecule has 0 radical (unpaired) electrons. The van der Waals surface area contributed by atoms with Gasteiger partial charge in [0.25, 0.3) is 11.6 Å². The van der Waals surface area contributed by atoms with Gasteiger partial charge in [0, 0.05) is 35.4 Å². The number of non-ortho nitro benzene ring substituents is 1. The van der Waals surface area contributed by atoms with Gasteiger partial charge in [-0.05, 0) is 32.8 Å². The van der Waals surface area contributed by atoms with Gasteiger partial charge in [-0.3, -0.25) is 14.9 Å². The molecule has 2 N–H and O–H groups in total. The summed E-state index contributed by atoms with van der Waals surface area (Å²) in [5.74, 6) is 0.199. The summed E-state index contributed by atoms with van der Waals surface area (Å²) in [5.41, 5.74) is 4.39. The van der Waals surface area contributed by atoms with E-state index >= 15 is 0 Å². The van der Waals surface area contributed by atoms with Crippen molar-refractivity contribution in [3.8, 4) is 0 Å². The summed E-state index contributed by atoms with van der Waals surface area (Å²) in [6.45, 7) is 3.66. The van der Waals surface area contributed by atoms with Crippen LogP contribution in [0, 0.1) is 17.0 Å². The van der Waals surface area contributed by atoms with Crippen LogP contribution in [-0.2, 0) is 11.2 Å². The monoisotopic (exact) mass is 400 g/mol. The normalized spacial score (nSPS) is 14.2. The van der Waals surface area contributed by atoms with Gasteiger partial charge in [-0.25, -0.2) is 10.2 Å². The van der Waals surface area contributed by atoms with E-state index < -0.39 is 16.9 Å². The number of nitrogens with one attached hydrogen (secondary N) is 2. The number of fused-ring (bicyclic) bond motifs is 1. The molecular formula is C19H20N4O6. The maximum Gasteiger partial charge on any atom is 0.427 e. The Balaban J connectivity index is 1.84. The number of carbonyl (C=O) groups is 2. The molecule has 0 atom stereocenters. The molecule has 2 amide bonds. The summed E-state index contributed by atoms with van der Waals surface area (Å²) < 4.78 is 10.6. The highest BCUT2D eigenvalue weighted by molar-refractivity contribution is 6.09. The maximum atomic E-state index is 12.7. The van der Waals surface area contributed by atoms with Gasteiger partial charge in [-0.2, -0.15) is 5.10 Å². The second-order valence-electron chi connectivity index (χ2n) is 6.36. The quantitative estimate of drug-likeness (QED) is 0.582. The Kier molecular flexibility index (Phi) is 5.91. The smallest absolute Gasteiger partial charge is 0.427 e. The number of nitro groups is 1. The van der Waals surface area contributed by atoms with Crippen molar-refractivity contribution in [3.63, 3.8) is 0 Å². The van der Waals surface area contributed by atoms with Crippen LogP contribution in [-0.4, -0.2) is 29.2 Å². The lowest BCUT2D eigenvalue weighted by Gasteiger charge is -2.13. The van der Waals surface area contributed by atoms with Crippen LogP contribution in [0.3, 0.4) is 0 Å². The van der Waals surface area contributed by atoms with Crippen molar-refractivity contribution in [2.24, 2.45) is 5.10 Å². The van der Waals surface area contributed by atoms with E-state index in [1.165, 1.54) is 18.2 Å². The predicted molar refractivity (Wildman–Crippen MR) is 104 cm³/mol. The molecule has 10 nitrogen and oxygen atoms in total. The van der Waals surface area contributed by atoms with Crippen LogP contribution in [0.15, 0.2) is 33.8 Å². The average Bonchev–Trinajstić information content (AvgIpc) is 3.04. The number of furan rings is 1. The van der Waals surface area contributed by atoms with Crippen molar-refractivity contribution in [2.75, 3.05) is 11.9 Å². The number of anilines is 1. The Morgan fingerprint density at radius 3 is 2.86 bits per heavy atom. The van der Waals surface area contributed by atoms with Gasteiger partial charge >= 0.3 is 6.09 Å². The fraction of sp³-hybridized carbons (Fsp3) is 0.316. The van der Waals surface area contributed by atoms with E-state index in [1.54, 1.807) is 19.9 Å². The second kappa shape index (κ2) is 8.55. The molecule has 1 aromatic carbocycles. The fourth-order valence-electron chi connectivity index (χ4n) is 3.16. The number of nitrogens with zero attached hydrogens (tertiary/aromatic N) is 2. The van der Waals surface area contributed by atoms with Gasteiger partial charge in [0.1, 0.15) is 5.76 Å². The molecule has 3 rings (SSSR count). The third kappa shape index (κ3) is 4.42.